The van der Waals surface area contributed by atoms with Crippen molar-refractivity contribution in [3.8, 4) is 23.3 Å². The number of carbonyl (C=O) groups excluding carboxylic acids is 1. The number of nitrogen functional groups attached to an aromatic ring is 1. The van der Waals surface area contributed by atoms with Crippen LogP contribution in [0.1, 0.15) is 80.3 Å². The number of aromatic nitrogens is 3. The molecule has 44 heavy (non-hydrogen) atoms. The van der Waals surface area contributed by atoms with Gasteiger partial charge >= 0.3 is 5.69 Å². The number of hydrogen-bond donors (Lipinski definition) is 2. The Hall–Kier alpha value is -4.43. The number of piperidine rings is 1. The van der Waals surface area contributed by atoms with Crippen LogP contribution in [-0.2, 0) is 6.54 Å². The lowest BCUT2D eigenvalue weighted by Gasteiger charge is -2.27. The molecule has 1 aliphatic heterocycles. The van der Waals surface area contributed by atoms with E-state index in [1.54, 1.807) is 13.0 Å². The largest absolute Gasteiger partial charge is 0.453 e. The van der Waals surface area contributed by atoms with Gasteiger partial charge in [-0.2, -0.15) is 0 Å². The van der Waals surface area contributed by atoms with E-state index in [0.29, 0.717) is 11.5 Å². The Kier molecular flexibility index (Phi) is 9.80. The monoisotopic (exact) mass is 602 g/mol. The molecule has 1 aromatic carbocycles. The fourth-order valence-corrected chi connectivity index (χ4v) is 5.87. The Bertz CT molecular complexity index is 1690. The number of anilines is 2. The van der Waals surface area contributed by atoms with Crippen LogP contribution in [0, 0.1) is 23.6 Å². The highest BCUT2D eigenvalue weighted by Gasteiger charge is 2.23. The Morgan fingerprint density at radius 2 is 1.86 bits per heavy atom. The minimum atomic E-state index is -0.735. The van der Waals surface area contributed by atoms with Gasteiger partial charge in [-0.25, -0.2) is 14.2 Å². The van der Waals surface area contributed by atoms with Crippen molar-refractivity contribution in [3.05, 3.63) is 74.4 Å². The first-order valence-electron chi connectivity index (χ1n) is 15.3. The highest BCUT2D eigenvalue weighted by Crippen LogP contribution is 2.31. The number of benzene rings is 1. The smallest absolute Gasteiger partial charge is 0.331 e. The molecule has 0 spiro atoms. The maximum Gasteiger partial charge on any atom is 0.331 e. The van der Waals surface area contributed by atoms with Gasteiger partial charge in [0.2, 0.25) is 0 Å². The van der Waals surface area contributed by atoms with E-state index in [0.717, 1.165) is 75.1 Å². The molecule has 0 unspecified atom stereocenters. The average molecular weight is 603 g/mol. The number of nitrogens with one attached hydrogen (secondary N) is 1. The van der Waals surface area contributed by atoms with Crippen LogP contribution in [0.25, 0.3) is 0 Å². The summed E-state index contributed by atoms with van der Waals surface area (Å²) in [4.78, 5) is 45.6. The van der Waals surface area contributed by atoms with Gasteiger partial charge in [-0.1, -0.05) is 31.1 Å². The second kappa shape index (κ2) is 13.9. The normalized spacial score (nSPS) is 16.2. The molecule has 0 bridgehead atoms. The van der Waals surface area contributed by atoms with Crippen molar-refractivity contribution in [2.75, 3.05) is 31.2 Å². The molecule has 1 saturated heterocycles. The lowest BCUT2D eigenvalue weighted by molar-refractivity contribution is 0.102. The van der Waals surface area contributed by atoms with Crippen molar-refractivity contribution in [1.29, 1.82) is 0 Å². The molecule has 2 fully saturated rings. The predicted octanol–water partition coefficient (Wildman–Crippen LogP) is 4.78. The number of nitrogens with two attached hydrogens (primary N) is 1. The maximum atomic E-state index is 15.2. The molecule has 1 amide bonds. The van der Waals surface area contributed by atoms with Crippen molar-refractivity contribution in [3.63, 3.8) is 0 Å². The van der Waals surface area contributed by atoms with E-state index in [-0.39, 0.29) is 41.2 Å². The minimum absolute atomic E-state index is 0.0684. The van der Waals surface area contributed by atoms with Gasteiger partial charge in [0.15, 0.2) is 11.6 Å². The summed E-state index contributed by atoms with van der Waals surface area (Å²) in [5, 5.41) is 2.60. The number of halogens is 1. The van der Waals surface area contributed by atoms with Gasteiger partial charge in [0, 0.05) is 49.2 Å². The summed E-state index contributed by atoms with van der Waals surface area (Å²) < 4.78 is 23.7. The lowest BCUT2D eigenvalue weighted by atomic mass is 9.94. The van der Waals surface area contributed by atoms with Gasteiger partial charge in [0.25, 0.3) is 11.5 Å². The van der Waals surface area contributed by atoms with Gasteiger partial charge in [-0.05, 0) is 70.8 Å². The molecule has 232 valence electrons. The summed E-state index contributed by atoms with van der Waals surface area (Å²) in [7, 11) is 2.12. The Labute approximate surface area is 256 Å². The van der Waals surface area contributed by atoms with E-state index in [9.17, 15) is 14.4 Å². The van der Waals surface area contributed by atoms with E-state index in [1.807, 2.05) is 0 Å². The van der Waals surface area contributed by atoms with Gasteiger partial charge in [-0.15, -0.1) is 0 Å². The first kappa shape index (κ1) is 31.0. The molecular weight excluding hydrogens is 563 g/mol. The van der Waals surface area contributed by atoms with Crippen LogP contribution >= 0.6 is 0 Å². The van der Waals surface area contributed by atoms with Crippen molar-refractivity contribution in [2.24, 2.45) is 5.92 Å². The summed E-state index contributed by atoms with van der Waals surface area (Å²) in [6.45, 7) is 3.92. The van der Waals surface area contributed by atoms with E-state index in [4.69, 9.17) is 10.5 Å². The number of likely N-dealkylation sites (tertiary alicyclic amines) is 1. The van der Waals surface area contributed by atoms with Gasteiger partial charge in [0.05, 0.1) is 0 Å². The molecule has 3 aromatic rings. The van der Waals surface area contributed by atoms with Crippen LogP contribution in [0.2, 0.25) is 0 Å². The number of hydrogen-bond acceptors (Lipinski definition) is 7. The molecule has 5 rings (SSSR count). The Morgan fingerprint density at radius 1 is 1.11 bits per heavy atom. The van der Waals surface area contributed by atoms with Gasteiger partial charge in [0.1, 0.15) is 22.7 Å². The summed E-state index contributed by atoms with van der Waals surface area (Å²) >= 11 is 0. The minimum Gasteiger partial charge on any atom is -0.453 e. The molecule has 2 aromatic heterocycles. The summed E-state index contributed by atoms with van der Waals surface area (Å²) in [5.41, 5.74) is 5.34. The number of nitrogens with zero attached hydrogens (tertiary/aromatic N) is 4. The van der Waals surface area contributed by atoms with Crippen LogP contribution in [0.3, 0.4) is 0 Å². The maximum absolute atomic E-state index is 15.2. The summed E-state index contributed by atoms with van der Waals surface area (Å²) in [5.74, 6) is 5.70. The van der Waals surface area contributed by atoms with Crippen molar-refractivity contribution in [2.45, 2.75) is 70.9 Å². The second-order valence-corrected chi connectivity index (χ2v) is 11.6. The first-order chi connectivity index (χ1) is 21.2. The van der Waals surface area contributed by atoms with Crippen LogP contribution in [0.5, 0.6) is 11.5 Å². The van der Waals surface area contributed by atoms with Crippen LogP contribution in [0.15, 0.2) is 46.2 Å². The Balaban J connectivity index is 1.32. The molecule has 0 atom stereocenters. The fraction of sp³-hybridized carbons (Fsp3) is 0.455. The van der Waals surface area contributed by atoms with Gasteiger partial charge < -0.3 is 20.7 Å². The molecule has 10 nitrogen and oxygen atoms in total. The van der Waals surface area contributed by atoms with Crippen LogP contribution in [0.4, 0.5) is 15.9 Å². The zero-order chi connectivity index (χ0) is 31.2. The van der Waals surface area contributed by atoms with Gasteiger partial charge in [-0.3, -0.25) is 18.7 Å². The van der Waals surface area contributed by atoms with E-state index in [2.05, 4.69) is 34.1 Å². The van der Waals surface area contributed by atoms with Crippen molar-refractivity contribution in [1.82, 2.24) is 19.0 Å². The topological polar surface area (TPSA) is 124 Å². The van der Waals surface area contributed by atoms with E-state index < -0.39 is 23.0 Å². The Morgan fingerprint density at radius 3 is 2.57 bits per heavy atom. The summed E-state index contributed by atoms with van der Waals surface area (Å²) in [6, 6.07) is 5.47. The fourth-order valence-electron chi connectivity index (χ4n) is 5.87. The van der Waals surface area contributed by atoms with Crippen molar-refractivity contribution < 1.29 is 13.9 Å². The molecule has 1 aliphatic carbocycles. The standard InChI is InChI=1S/C33H39FN6O4/c1-3-39-32(42)26(21-40(33(39)43)24-9-5-4-6-10-24)31(41)37-23-12-13-29(27(34)20-23)44-28-14-17-36-30(35)25(28)11-7-8-22-15-18-38(2)19-16-22/h12-14,17,20-22,24H,3-6,8-10,15-16,18-19H2,1-2H3,(H2,35,36)(H,37,41). The molecule has 1 saturated carbocycles. The number of rotatable bonds is 7. The molecular formula is C33H39FN6O4. The zero-order valence-electron chi connectivity index (χ0n) is 25.3. The third-order valence-electron chi connectivity index (χ3n) is 8.52. The SMILES string of the molecule is CCn1c(=O)c(C(=O)Nc2ccc(Oc3ccnc(N)c3C#CCC3CCN(C)CC3)c(F)c2)cn(C2CCCCC2)c1=O. The second-order valence-electron chi connectivity index (χ2n) is 11.6. The first-order valence-corrected chi connectivity index (χ1v) is 15.3. The quantitative estimate of drug-likeness (QED) is 0.373. The number of carbonyl (C=O) groups is 1. The molecule has 3 heterocycles. The molecule has 11 heteroatoms. The number of pyridine rings is 1. The van der Waals surface area contributed by atoms with E-state index >= 15 is 4.39 Å². The third-order valence-corrected chi connectivity index (χ3v) is 8.52. The predicted molar refractivity (Wildman–Crippen MR) is 168 cm³/mol. The third kappa shape index (κ3) is 7.03. The zero-order valence-corrected chi connectivity index (χ0v) is 25.3. The highest BCUT2D eigenvalue weighted by molar-refractivity contribution is 6.03. The molecule has 0 radical (unpaired) electrons. The summed E-state index contributed by atoms with van der Waals surface area (Å²) in [6.07, 6.45) is 10.4. The van der Waals surface area contributed by atoms with E-state index in [1.165, 1.54) is 29.1 Å². The van der Waals surface area contributed by atoms with Crippen LogP contribution < -0.4 is 27.0 Å². The number of amides is 1. The average Bonchev–Trinajstić information content (AvgIpc) is 3.01. The highest BCUT2D eigenvalue weighted by atomic mass is 19.1. The molecule has 3 N–H and O–H groups in total. The van der Waals surface area contributed by atoms with Crippen molar-refractivity contribution >= 4 is 17.4 Å². The molecule has 2 aliphatic rings. The van der Waals surface area contributed by atoms with Crippen LogP contribution in [-0.4, -0.2) is 45.1 Å². The lowest BCUT2D eigenvalue weighted by Crippen LogP contribution is -2.44. The number of ether oxygens (including phenoxy) is 1.